The molecule has 1 aromatic rings. The third-order valence-electron chi connectivity index (χ3n) is 6.72. The summed E-state index contributed by atoms with van der Waals surface area (Å²) in [4.78, 5) is 47.9. The Bertz CT molecular complexity index is 1380. The zero-order chi connectivity index (χ0) is 28.3. The summed E-state index contributed by atoms with van der Waals surface area (Å²) < 4.78 is 12.0. The number of aliphatic hydroxyl groups is 2. The van der Waals surface area contributed by atoms with Gasteiger partial charge in [0.15, 0.2) is 11.3 Å². The molecular formula is C27H36N4O7. The van der Waals surface area contributed by atoms with E-state index >= 15 is 0 Å². The molecule has 1 aromatic carbocycles. The van der Waals surface area contributed by atoms with E-state index in [1.807, 2.05) is 27.7 Å². The van der Waals surface area contributed by atoms with Crippen LogP contribution in [0.4, 0.5) is 5.69 Å². The lowest BCUT2D eigenvalue weighted by Gasteiger charge is -2.24. The smallest absolute Gasteiger partial charge is 0.258 e. The van der Waals surface area contributed by atoms with Crippen molar-refractivity contribution in [3.8, 4) is 17.2 Å². The monoisotopic (exact) mass is 528 g/mol. The van der Waals surface area contributed by atoms with Crippen molar-refractivity contribution >= 4 is 28.6 Å². The number of fused-ring (bicyclic) bond motifs is 2. The van der Waals surface area contributed by atoms with Crippen LogP contribution in [-0.2, 0) is 0 Å². The van der Waals surface area contributed by atoms with Crippen molar-refractivity contribution in [3.05, 3.63) is 38.5 Å². The van der Waals surface area contributed by atoms with Crippen molar-refractivity contribution in [2.24, 2.45) is 0 Å². The summed E-state index contributed by atoms with van der Waals surface area (Å²) in [5.74, 6) is -0.455. The van der Waals surface area contributed by atoms with E-state index in [4.69, 9.17) is 19.9 Å². The molecule has 11 nitrogen and oxygen atoms in total. The highest BCUT2D eigenvalue weighted by atomic mass is 16.5. The largest absolute Gasteiger partial charge is 0.490 e. The second kappa shape index (κ2) is 11.8. The van der Waals surface area contributed by atoms with Gasteiger partial charge in [-0.05, 0) is 47.6 Å². The molecule has 1 heterocycles. The summed E-state index contributed by atoms with van der Waals surface area (Å²) in [6, 6.07) is 1.51. The van der Waals surface area contributed by atoms with Crippen molar-refractivity contribution in [1.82, 2.24) is 14.8 Å². The maximum absolute atomic E-state index is 13.6. The van der Waals surface area contributed by atoms with Crippen LogP contribution in [-0.4, -0.2) is 82.3 Å². The first-order valence-electron chi connectivity index (χ1n) is 12.8. The third kappa shape index (κ3) is 5.03. The number of amides is 2. The Morgan fingerprint density at radius 3 is 2.18 bits per heavy atom. The van der Waals surface area contributed by atoms with Gasteiger partial charge in [-0.2, -0.15) is 0 Å². The fourth-order valence-corrected chi connectivity index (χ4v) is 4.36. The summed E-state index contributed by atoms with van der Waals surface area (Å²) in [6.45, 7) is 11.5. The lowest BCUT2D eigenvalue weighted by Crippen LogP contribution is -2.34. The molecule has 1 aliphatic carbocycles. The molecule has 4 N–H and O–H groups in total. The van der Waals surface area contributed by atoms with E-state index in [1.54, 1.807) is 18.7 Å². The van der Waals surface area contributed by atoms with Gasteiger partial charge in [0.25, 0.3) is 11.8 Å². The van der Waals surface area contributed by atoms with Crippen molar-refractivity contribution < 1.29 is 29.0 Å². The number of benzene rings is 2. The van der Waals surface area contributed by atoms with E-state index in [0.717, 1.165) is 0 Å². The minimum absolute atomic E-state index is 0.0600. The van der Waals surface area contributed by atoms with Crippen LogP contribution in [0.1, 0.15) is 59.5 Å². The van der Waals surface area contributed by atoms with Crippen LogP contribution in [0.2, 0.25) is 0 Å². The summed E-state index contributed by atoms with van der Waals surface area (Å²) in [5, 5.41) is 19.0. The van der Waals surface area contributed by atoms with Gasteiger partial charge in [0.1, 0.15) is 29.7 Å². The normalized spacial score (nSPS) is 12.1. The highest BCUT2D eigenvalue weighted by Crippen LogP contribution is 2.38. The van der Waals surface area contributed by atoms with Gasteiger partial charge in [-0.3, -0.25) is 14.4 Å². The zero-order valence-corrected chi connectivity index (χ0v) is 22.8. The number of aryl methyl sites for hydroxylation is 1. The molecule has 1 atom stereocenters. The predicted molar refractivity (Wildman–Crippen MR) is 144 cm³/mol. The number of carbonyl (C=O) groups is 2. The van der Waals surface area contributed by atoms with Gasteiger partial charge in [0, 0.05) is 37.3 Å². The average Bonchev–Trinajstić information content (AvgIpc) is 2.92. The standard InChI is InChI=1S/C27H36N4O7/c1-7-30(8-2)26(35)17-11-18(37-13-16(33)12-32)14(5)24-21(17)29-22-19(27(36)31(9-3)10-4)20(28)23(34)15(6)25(22)38-24/h11,16,32-33H,7-10,12-13,28H2,1-6H3. The Hall–Kier alpha value is -3.70. The molecule has 0 spiro atoms. The van der Waals surface area contributed by atoms with Gasteiger partial charge in [-0.1, -0.05) is 0 Å². The number of hydrogen-bond donors (Lipinski definition) is 3. The van der Waals surface area contributed by atoms with Crippen molar-refractivity contribution in [1.29, 1.82) is 0 Å². The summed E-state index contributed by atoms with van der Waals surface area (Å²) in [6.07, 6.45) is -1.12. The van der Waals surface area contributed by atoms with E-state index in [2.05, 4.69) is 0 Å². The Labute approximate surface area is 221 Å². The molecule has 0 saturated heterocycles. The van der Waals surface area contributed by atoms with E-state index in [9.17, 15) is 24.6 Å². The maximum Gasteiger partial charge on any atom is 0.258 e. The number of aromatic nitrogens is 1. The Morgan fingerprint density at radius 2 is 1.63 bits per heavy atom. The van der Waals surface area contributed by atoms with Crippen molar-refractivity contribution in [3.63, 3.8) is 0 Å². The molecule has 2 aliphatic rings. The summed E-state index contributed by atoms with van der Waals surface area (Å²) in [7, 11) is 0. The second-order valence-electron chi connectivity index (χ2n) is 8.96. The third-order valence-corrected chi connectivity index (χ3v) is 6.72. The Balaban J connectivity index is 2.46. The van der Waals surface area contributed by atoms with Crippen LogP contribution in [0.5, 0.6) is 5.75 Å². The molecule has 38 heavy (non-hydrogen) atoms. The minimum atomic E-state index is -1.12. The zero-order valence-electron chi connectivity index (χ0n) is 22.8. The minimum Gasteiger partial charge on any atom is -0.490 e. The molecule has 3 rings (SSSR count). The Kier molecular flexibility index (Phi) is 8.95. The molecular weight excluding hydrogens is 492 g/mol. The van der Waals surface area contributed by atoms with Crippen LogP contribution < -0.4 is 15.9 Å². The van der Waals surface area contributed by atoms with Crippen molar-refractivity contribution in [2.75, 3.05) is 45.1 Å². The number of rotatable bonds is 10. The van der Waals surface area contributed by atoms with Gasteiger partial charge in [0.05, 0.1) is 23.4 Å². The van der Waals surface area contributed by atoms with E-state index in [0.29, 0.717) is 31.7 Å². The first-order valence-corrected chi connectivity index (χ1v) is 12.8. The molecule has 206 valence electrons. The topological polar surface area (TPSA) is 159 Å². The first kappa shape index (κ1) is 28.9. The number of hydrogen-bond acceptors (Lipinski definition) is 9. The number of nitrogens with zero attached hydrogens (tertiary/aromatic N) is 3. The fraction of sp³-hybridized carbons (Fsp3) is 0.481. The maximum atomic E-state index is 13.6. The number of aliphatic hydroxyl groups excluding tert-OH is 2. The van der Waals surface area contributed by atoms with Crippen molar-refractivity contribution in [2.45, 2.75) is 47.6 Å². The molecule has 2 amide bonds. The van der Waals surface area contributed by atoms with E-state index < -0.39 is 24.0 Å². The molecule has 0 radical (unpaired) electrons. The average molecular weight is 529 g/mol. The number of anilines is 1. The highest BCUT2D eigenvalue weighted by molar-refractivity contribution is 6.09. The van der Waals surface area contributed by atoms with Crippen LogP contribution in [0.3, 0.4) is 0 Å². The molecule has 11 heteroatoms. The second-order valence-corrected chi connectivity index (χ2v) is 8.96. The molecule has 1 unspecified atom stereocenters. The van der Waals surface area contributed by atoms with Crippen LogP contribution in [0.15, 0.2) is 15.3 Å². The SMILES string of the molecule is CCN(CC)C(=O)c1c2nc3c(C(=O)N(CC)CC)cc(OCC(O)CO)c(C)c3oc-2c(C)c(=O)c1N. The van der Waals surface area contributed by atoms with Gasteiger partial charge >= 0.3 is 0 Å². The van der Waals surface area contributed by atoms with E-state index in [1.165, 1.54) is 11.0 Å². The number of nitrogens with two attached hydrogens (primary N) is 1. The first-order chi connectivity index (χ1) is 18.1. The molecule has 0 saturated carbocycles. The molecule has 1 aliphatic heterocycles. The van der Waals surface area contributed by atoms with Gasteiger partial charge in [-0.15, -0.1) is 0 Å². The quantitative estimate of drug-likeness (QED) is 0.265. The lowest BCUT2D eigenvalue weighted by molar-refractivity contribution is 0.0533. The number of nitrogen functional groups attached to an aromatic ring is 1. The van der Waals surface area contributed by atoms with Crippen LogP contribution in [0.25, 0.3) is 22.6 Å². The summed E-state index contributed by atoms with van der Waals surface area (Å²) in [5.41, 5.74) is 6.66. The van der Waals surface area contributed by atoms with Gasteiger partial charge < -0.3 is 34.9 Å². The fourth-order valence-electron chi connectivity index (χ4n) is 4.36. The number of carbonyl (C=O) groups excluding carboxylic acids is 2. The van der Waals surface area contributed by atoms with E-state index in [-0.39, 0.29) is 63.2 Å². The van der Waals surface area contributed by atoms with Gasteiger partial charge in [-0.25, -0.2) is 4.98 Å². The van der Waals surface area contributed by atoms with Crippen LogP contribution in [0, 0.1) is 13.8 Å². The number of ether oxygens (including phenoxy) is 1. The lowest BCUT2D eigenvalue weighted by atomic mass is 9.99. The highest BCUT2D eigenvalue weighted by Gasteiger charge is 2.31. The molecule has 0 fully saturated rings. The summed E-state index contributed by atoms with van der Waals surface area (Å²) >= 11 is 0. The molecule has 0 bridgehead atoms. The van der Waals surface area contributed by atoms with Gasteiger partial charge in [0.2, 0.25) is 5.43 Å². The Morgan fingerprint density at radius 1 is 1.05 bits per heavy atom. The molecule has 0 aromatic heterocycles. The predicted octanol–water partition coefficient (Wildman–Crippen LogP) is 2.19. The van der Waals surface area contributed by atoms with Crippen LogP contribution >= 0.6 is 0 Å².